The molecule has 1 N–H and O–H groups in total. The van der Waals surface area contributed by atoms with Crippen molar-refractivity contribution in [3.63, 3.8) is 0 Å². The number of hydrogen-bond acceptors (Lipinski definition) is 5. The molecule has 158 valence electrons. The fraction of sp³-hybridized carbons (Fsp3) is 0.476. The zero-order valence-electron chi connectivity index (χ0n) is 17.0. The first-order valence-electron chi connectivity index (χ1n) is 9.58. The molecule has 2 rings (SSSR count). The number of allylic oxidation sites excluding steroid dienone is 1. The molecule has 2 amide bonds. The summed E-state index contributed by atoms with van der Waals surface area (Å²) in [5.74, 6) is -1.44. The van der Waals surface area contributed by atoms with Crippen molar-refractivity contribution in [3.8, 4) is 0 Å². The number of benzene rings is 1. The summed E-state index contributed by atoms with van der Waals surface area (Å²) >= 11 is 5.97. The van der Waals surface area contributed by atoms with Gasteiger partial charge in [-0.2, -0.15) is 0 Å². The molecule has 0 saturated carbocycles. The minimum absolute atomic E-state index is 0.0735. The summed E-state index contributed by atoms with van der Waals surface area (Å²) in [4.78, 5) is 39.1. The van der Waals surface area contributed by atoms with E-state index in [0.717, 1.165) is 5.56 Å². The number of esters is 1. The molecule has 0 saturated heterocycles. The number of methoxy groups -OCH3 is 1. The second-order valence-corrected chi connectivity index (χ2v) is 7.14. The first kappa shape index (κ1) is 22.9. The normalized spacial score (nSPS) is 16.8. The number of halogens is 1. The Hall–Kier alpha value is -2.38. The van der Waals surface area contributed by atoms with E-state index >= 15 is 0 Å². The van der Waals surface area contributed by atoms with Crippen molar-refractivity contribution >= 4 is 29.4 Å². The SMILES string of the molecule is CCOC(=O)C1=C(C)N(CC(=O)NCCCOC)C(=O)CC1c1ccc(Cl)cc1. The fourth-order valence-corrected chi connectivity index (χ4v) is 3.43. The van der Waals surface area contributed by atoms with Crippen LogP contribution in [0.1, 0.15) is 38.2 Å². The average Bonchev–Trinajstić information content (AvgIpc) is 2.69. The lowest BCUT2D eigenvalue weighted by atomic mass is 9.83. The molecule has 0 fully saturated rings. The highest BCUT2D eigenvalue weighted by molar-refractivity contribution is 6.30. The van der Waals surface area contributed by atoms with Gasteiger partial charge in [-0.3, -0.25) is 9.59 Å². The third-order valence-electron chi connectivity index (χ3n) is 4.74. The molecule has 0 radical (unpaired) electrons. The van der Waals surface area contributed by atoms with E-state index in [2.05, 4.69) is 5.32 Å². The van der Waals surface area contributed by atoms with Gasteiger partial charge < -0.3 is 19.7 Å². The molecule has 1 aromatic rings. The Kier molecular flexibility index (Phi) is 8.67. The molecule has 0 spiro atoms. The van der Waals surface area contributed by atoms with Crippen LogP contribution in [0.25, 0.3) is 0 Å². The monoisotopic (exact) mass is 422 g/mol. The number of rotatable bonds is 9. The van der Waals surface area contributed by atoms with E-state index in [1.807, 2.05) is 0 Å². The summed E-state index contributed by atoms with van der Waals surface area (Å²) in [6.07, 6.45) is 0.752. The highest BCUT2D eigenvalue weighted by Crippen LogP contribution is 2.37. The first-order chi connectivity index (χ1) is 13.9. The van der Waals surface area contributed by atoms with E-state index in [1.54, 1.807) is 45.2 Å². The van der Waals surface area contributed by atoms with Gasteiger partial charge in [-0.25, -0.2) is 4.79 Å². The van der Waals surface area contributed by atoms with Gasteiger partial charge in [-0.15, -0.1) is 0 Å². The Morgan fingerprint density at radius 1 is 1.28 bits per heavy atom. The Morgan fingerprint density at radius 3 is 2.59 bits per heavy atom. The lowest BCUT2D eigenvalue weighted by Crippen LogP contribution is -2.44. The van der Waals surface area contributed by atoms with Gasteiger partial charge in [-0.1, -0.05) is 23.7 Å². The molecule has 0 aromatic heterocycles. The smallest absolute Gasteiger partial charge is 0.336 e. The van der Waals surface area contributed by atoms with Crippen molar-refractivity contribution in [2.75, 3.05) is 33.4 Å². The summed E-state index contributed by atoms with van der Waals surface area (Å²) in [7, 11) is 1.59. The van der Waals surface area contributed by atoms with E-state index in [-0.39, 0.29) is 31.4 Å². The van der Waals surface area contributed by atoms with Gasteiger partial charge in [0.15, 0.2) is 0 Å². The number of amides is 2. The molecule has 8 heteroatoms. The van der Waals surface area contributed by atoms with Crippen molar-refractivity contribution < 1.29 is 23.9 Å². The predicted octanol–water partition coefficient (Wildman–Crippen LogP) is 2.65. The fourth-order valence-electron chi connectivity index (χ4n) is 3.30. The van der Waals surface area contributed by atoms with Crippen molar-refractivity contribution in [2.24, 2.45) is 0 Å². The van der Waals surface area contributed by atoms with E-state index in [1.165, 1.54) is 4.90 Å². The van der Waals surface area contributed by atoms with E-state index in [4.69, 9.17) is 21.1 Å². The molecule has 29 heavy (non-hydrogen) atoms. The Labute approximate surface area is 176 Å². The third-order valence-corrected chi connectivity index (χ3v) is 4.99. The second-order valence-electron chi connectivity index (χ2n) is 6.70. The lowest BCUT2D eigenvalue weighted by Gasteiger charge is -2.34. The van der Waals surface area contributed by atoms with Crippen LogP contribution in [0.3, 0.4) is 0 Å². The highest BCUT2D eigenvalue weighted by Gasteiger charge is 2.37. The molecule has 0 bridgehead atoms. The van der Waals surface area contributed by atoms with Crippen molar-refractivity contribution in [1.29, 1.82) is 0 Å². The van der Waals surface area contributed by atoms with Crippen LogP contribution in [-0.2, 0) is 23.9 Å². The zero-order valence-corrected chi connectivity index (χ0v) is 17.8. The van der Waals surface area contributed by atoms with Gasteiger partial charge >= 0.3 is 5.97 Å². The lowest BCUT2D eigenvalue weighted by molar-refractivity contribution is -0.141. The van der Waals surface area contributed by atoms with Gasteiger partial charge in [-0.05, 0) is 38.0 Å². The second kappa shape index (κ2) is 11.0. The number of hydrogen-bond donors (Lipinski definition) is 1. The van der Waals surface area contributed by atoms with Gasteiger partial charge in [0.25, 0.3) is 0 Å². The molecular weight excluding hydrogens is 396 g/mol. The maximum absolute atomic E-state index is 12.8. The van der Waals surface area contributed by atoms with Crippen LogP contribution in [0.4, 0.5) is 0 Å². The molecule has 0 aliphatic carbocycles. The van der Waals surface area contributed by atoms with Gasteiger partial charge in [0, 0.05) is 43.3 Å². The average molecular weight is 423 g/mol. The van der Waals surface area contributed by atoms with Crippen LogP contribution in [0, 0.1) is 0 Å². The number of ether oxygens (including phenoxy) is 2. The van der Waals surface area contributed by atoms with Crippen molar-refractivity contribution in [2.45, 2.75) is 32.6 Å². The molecule has 1 aliphatic heterocycles. The third kappa shape index (κ3) is 6.05. The highest BCUT2D eigenvalue weighted by atomic mass is 35.5. The summed E-state index contributed by atoms with van der Waals surface area (Å²) in [5, 5.41) is 3.33. The zero-order chi connectivity index (χ0) is 21.4. The minimum Gasteiger partial charge on any atom is -0.463 e. The maximum Gasteiger partial charge on any atom is 0.336 e. The number of carbonyl (C=O) groups excluding carboxylic acids is 3. The van der Waals surface area contributed by atoms with Crippen LogP contribution in [0.2, 0.25) is 5.02 Å². The van der Waals surface area contributed by atoms with E-state index < -0.39 is 11.9 Å². The molecule has 1 aromatic carbocycles. The van der Waals surface area contributed by atoms with Gasteiger partial charge in [0.1, 0.15) is 6.54 Å². The Morgan fingerprint density at radius 2 is 1.97 bits per heavy atom. The number of nitrogens with zero attached hydrogens (tertiary/aromatic N) is 1. The maximum atomic E-state index is 12.8. The van der Waals surface area contributed by atoms with E-state index in [9.17, 15) is 14.4 Å². The predicted molar refractivity (Wildman–Crippen MR) is 109 cm³/mol. The van der Waals surface area contributed by atoms with Crippen molar-refractivity contribution in [3.05, 3.63) is 46.1 Å². The van der Waals surface area contributed by atoms with E-state index in [0.29, 0.717) is 35.9 Å². The van der Waals surface area contributed by atoms with Gasteiger partial charge in [0.05, 0.1) is 12.2 Å². The molecule has 1 heterocycles. The molecule has 1 aliphatic rings. The molecule has 1 unspecified atom stereocenters. The largest absolute Gasteiger partial charge is 0.463 e. The topological polar surface area (TPSA) is 84.9 Å². The van der Waals surface area contributed by atoms with Crippen molar-refractivity contribution in [1.82, 2.24) is 10.2 Å². The number of carbonyl (C=O) groups is 3. The molecule has 1 atom stereocenters. The quantitative estimate of drug-likeness (QED) is 0.488. The summed E-state index contributed by atoms with van der Waals surface area (Å²) in [5.41, 5.74) is 1.63. The summed E-state index contributed by atoms with van der Waals surface area (Å²) in [6.45, 7) is 4.47. The standard InChI is InChI=1S/C21H27ClN2O5/c1-4-29-21(27)20-14(2)24(13-18(25)23-10-5-11-28-3)19(26)12-17(20)15-6-8-16(22)9-7-15/h6-9,17H,4-5,10-13H2,1-3H3,(H,23,25). The number of nitrogens with one attached hydrogen (secondary N) is 1. The van der Waals surface area contributed by atoms with Crippen LogP contribution >= 0.6 is 11.6 Å². The van der Waals surface area contributed by atoms with Crippen LogP contribution in [0.5, 0.6) is 0 Å². The first-order valence-corrected chi connectivity index (χ1v) is 9.96. The van der Waals surface area contributed by atoms with Gasteiger partial charge in [0.2, 0.25) is 11.8 Å². The summed E-state index contributed by atoms with van der Waals surface area (Å²) in [6, 6.07) is 7.04. The summed E-state index contributed by atoms with van der Waals surface area (Å²) < 4.78 is 10.2. The van der Waals surface area contributed by atoms with Crippen LogP contribution in [-0.4, -0.2) is 56.1 Å². The Bertz CT molecular complexity index is 776. The molecule has 7 nitrogen and oxygen atoms in total. The van der Waals surface area contributed by atoms with Crippen LogP contribution < -0.4 is 5.32 Å². The van der Waals surface area contributed by atoms with Crippen LogP contribution in [0.15, 0.2) is 35.5 Å². The molecular formula is C21H27ClN2O5. The minimum atomic E-state index is -0.483. The Balaban J connectivity index is 2.27.